The first kappa shape index (κ1) is 21.0. The standard InChI is InChI=1S/C22H27ClN4O2/c1-16(2)20(25-22(29)24-17-8-4-3-5-9-17)21(28)27-14-12-26(13-15-27)19-11-7-6-10-18(19)23/h3-11,16,20H,12-15H2,1-2H3,(H2,24,25,29)/t20-/m1/s1. The fourth-order valence-electron chi connectivity index (χ4n) is 3.42. The minimum absolute atomic E-state index is 0.0226. The molecule has 7 heteroatoms. The Morgan fingerprint density at radius 3 is 2.17 bits per heavy atom. The first-order valence-electron chi connectivity index (χ1n) is 9.86. The van der Waals surface area contributed by atoms with Crippen LogP contribution in [0.1, 0.15) is 13.8 Å². The Kier molecular flexibility index (Phi) is 6.99. The lowest BCUT2D eigenvalue weighted by Gasteiger charge is -2.38. The van der Waals surface area contributed by atoms with Gasteiger partial charge in [0.1, 0.15) is 6.04 Å². The van der Waals surface area contributed by atoms with E-state index in [0.29, 0.717) is 36.9 Å². The van der Waals surface area contributed by atoms with Crippen molar-refractivity contribution < 1.29 is 9.59 Å². The van der Waals surface area contributed by atoms with Gasteiger partial charge >= 0.3 is 6.03 Å². The lowest BCUT2D eigenvalue weighted by atomic mass is 10.0. The second kappa shape index (κ2) is 9.65. The number of para-hydroxylation sites is 2. The molecule has 0 radical (unpaired) electrons. The summed E-state index contributed by atoms with van der Waals surface area (Å²) in [4.78, 5) is 29.5. The average molecular weight is 415 g/mol. The van der Waals surface area contributed by atoms with Crippen molar-refractivity contribution in [2.45, 2.75) is 19.9 Å². The molecule has 1 aliphatic heterocycles. The number of nitrogens with one attached hydrogen (secondary N) is 2. The third kappa shape index (κ3) is 5.41. The summed E-state index contributed by atoms with van der Waals surface area (Å²) < 4.78 is 0. The third-order valence-corrected chi connectivity index (χ3v) is 5.36. The van der Waals surface area contributed by atoms with Crippen LogP contribution < -0.4 is 15.5 Å². The Balaban J connectivity index is 1.58. The van der Waals surface area contributed by atoms with Gasteiger partial charge < -0.3 is 20.4 Å². The van der Waals surface area contributed by atoms with Crippen molar-refractivity contribution >= 4 is 34.9 Å². The summed E-state index contributed by atoms with van der Waals surface area (Å²) in [5.74, 6) is -0.0763. The minimum atomic E-state index is -0.578. The number of hydrogen-bond donors (Lipinski definition) is 2. The fraction of sp³-hybridized carbons (Fsp3) is 0.364. The van der Waals surface area contributed by atoms with Crippen molar-refractivity contribution in [1.29, 1.82) is 0 Å². The molecule has 0 spiro atoms. The van der Waals surface area contributed by atoms with Crippen LogP contribution in [0.5, 0.6) is 0 Å². The van der Waals surface area contributed by atoms with E-state index >= 15 is 0 Å². The monoisotopic (exact) mass is 414 g/mol. The van der Waals surface area contributed by atoms with Crippen LogP contribution >= 0.6 is 11.6 Å². The number of rotatable bonds is 5. The molecule has 154 valence electrons. The van der Waals surface area contributed by atoms with Gasteiger partial charge in [0.15, 0.2) is 0 Å². The van der Waals surface area contributed by atoms with Crippen molar-refractivity contribution in [2.75, 3.05) is 36.4 Å². The smallest absolute Gasteiger partial charge is 0.319 e. The summed E-state index contributed by atoms with van der Waals surface area (Å²) in [5, 5.41) is 6.33. The van der Waals surface area contributed by atoms with Crippen LogP contribution in [0, 0.1) is 5.92 Å². The molecule has 1 aliphatic rings. The maximum atomic E-state index is 13.1. The van der Waals surface area contributed by atoms with Crippen molar-refractivity contribution in [3.63, 3.8) is 0 Å². The Labute approximate surface area is 176 Å². The number of halogens is 1. The molecule has 0 saturated carbocycles. The number of amides is 3. The summed E-state index contributed by atoms with van der Waals surface area (Å²) in [7, 11) is 0. The predicted octanol–water partition coefficient (Wildman–Crippen LogP) is 3.83. The van der Waals surface area contributed by atoms with Crippen LogP contribution in [-0.4, -0.2) is 49.1 Å². The molecule has 29 heavy (non-hydrogen) atoms. The molecule has 1 fully saturated rings. The van der Waals surface area contributed by atoms with Crippen LogP contribution in [0.2, 0.25) is 5.02 Å². The summed E-state index contributed by atoms with van der Waals surface area (Å²) in [6, 6.07) is 16.0. The van der Waals surface area contributed by atoms with Crippen molar-refractivity contribution in [2.24, 2.45) is 5.92 Å². The van der Waals surface area contributed by atoms with Gasteiger partial charge in [-0.05, 0) is 30.2 Å². The molecule has 2 aromatic carbocycles. The van der Waals surface area contributed by atoms with E-state index in [-0.39, 0.29) is 17.9 Å². The maximum Gasteiger partial charge on any atom is 0.319 e. The second-order valence-corrected chi connectivity index (χ2v) is 7.86. The van der Waals surface area contributed by atoms with Crippen LogP contribution in [-0.2, 0) is 4.79 Å². The first-order chi connectivity index (χ1) is 14.0. The first-order valence-corrected chi connectivity index (χ1v) is 10.2. The van der Waals surface area contributed by atoms with Gasteiger partial charge in [0, 0.05) is 31.9 Å². The summed E-state index contributed by atoms with van der Waals surface area (Å²) in [6.07, 6.45) is 0. The molecule has 2 aromatic rings. The number of benzene rings is 2. The lowest BCUT2D eigenvalue weighted by Crippen LogP contribution is -2.57. The van der Waals surface area contributed by atoms with E-state index in [1.807, 2.05) is 61.2 Å². The maximum absolute atomic E-state index is 13.1. The van der Waals surface area contributed by atoms with Crippen molar-refractivity contribution in [3.05, 3.63) is 59.6 Å². The van der Waals surface area contributed by atoms with Gasteiger partial charge in [-0.2, -0.15) is 0 Å². The van der Waals surface area contributed by atoms with Crippen LogP contribution in [0.3, 0.4) is 0 Å². The topological polar surface area (TPSA) is 64.7 Å². The van der Waals surface area contributed by atoms with Gasteiger partial charge in [-0.3, -0.25) is 4.79 Å². The number of nitrogens with zero attached hydrogens (tertiary/aromatic N) is 2. The number of anilines is 2. The zero-order chi connectivity index (χ0) is 20.8. The van der Waals surface area contributed by atoms with Gasteiger partial charge in [-0.15, -0.1) is 0 Å². The molecular weight excluding hydrogens is 388 g/mol. The molecule has 2 N–H and O–H groups in total. The quantitative estimate of drug-likeness (QED) is 0.781. The summed E-state index contributed by atoms with van der Waals surface area (Å²) in [6.45, 7) is 6.47. The molecule has 6 nitrogen and oxygen atoms in total. The zero-order valence-electron chi connectivity index (χ0n) is 16.8. The molecule has 1 heterocycles. The van der Waals surface area contributed by atoms with E-state index < -0.39 is 6.04 Å². The normalized spacial score (nSPS) is 15.2. The molecule has 1 saturated heterocycles. The highest BCUT2D eigenvalue weighted by Gasteiger charge is 2.31. The average Bonchev–Trinajstić information content (AvgIpc) is 2.72. The number of hydrogen-bond acceptors (Lipinski definition) is 3. The molecule has 1 atom stereocenters. The van der Waals surface area contributed by atoms with E-state index in [4.69, 9.17) is 11.6 Å². The summed E-state index contributed by atoms with van der Waals surface area (Å²) >= 11 is 6.30. The molecule has 0 aliphatic carbocycles. The van der Waals surface area contributed by atoms with Gasteiger partial charge in [0.05, 0.1) is 10.7 Å². The van der Waals surface area contributed by atoms with Crippen LogP contribution in [0.15, 0.2) is 54.6 Å². The predicted molar refractivity (Wildman–Crippen MR) is 117 cm³/mol. The van der Waals surface area contributed by atoms with E-state index in [2.05, 4.69) is 15.5 Å². The Bertz CT molecular complexity index is 836. The van der Waals surface area contributed by atoms with E-state index in [9.17, 15) is 9.59 Å². The summed E-state index contributed by atoms with van der Waals surface area (Å²) in [5.41, 5.74) is 1.68. The van der Waals surface area contributed by atoms with Crippen molar-refractivity contribution in [3.8, 4) is 0 Å². The van der Waals surface area contributed by atoms with E-state index in [1.54, 1.807) is 12.1 Å². The Morgan fingerprint density at radius 1 is 0.931 bits per heavy atom. The Morgan fingerprint density at radius 2 is 1.55 bits per heavy atom. The number of urea groups is 1. The Hall–Kier alpha value is -2.73. The van der Waals surface area contributed by atoms with Crippen molar-refractivity contribution in [1.82, 2.24) is 10.2 Å². The molecule has 3 rings (SSSR count). The van der Waals surface area contributed by atoms with Gasteiger partial charge in [-0.25, -0.2) is 4.79 Å². The van der Waals surface area contributed by atoms with Gasteiger partial charge in [-0.1, -0.05) is 55.8 Å². The lowest BCUT2D eigenvalue weighted by molar-refractivity contribution is -0.134. The number of carbonyl (C=O) groups is 2. The molecule has 0 bridgehead atoms. The van der Waals surface area contributed by atoms with Gasteiger partial charge in [0.25, 0.3) is 0 Å². The highest BCUT2D eigenvalue weighted by atomic mass is 35.5. The number of carbonyl (C=O) groups excluding carboxylic acids is 2. The highest BCUT2D eigenvalue weighted by molar-refractivity contribution is 6.33. The zero-order valence-corrected chi connectivity index (χ0v) is 17.5. The molecule has 0 unspecified atom stereocenters. The third-order valence-electron chi connectivity index (χ3n) is 5.04. The van der Waals surface area contributed by atoms with E-state index in [0.717, 1.165) is 5.69 Å². The van der Waals surface area contributed by atoms with E-state index in [1.165, 1.54) is 0 Å². The van der Waals surface area contributed by atoms with Crippen LogP contribution in [0.25, 0.3) is 0 Å². The minimum Gasteiger partial charge on any atom is -0.367 e. The second-order valence-electron chi connectivity index (χ2n) is 7.45. The molecule has 0 aromatic heterocycles. The molecule has 3 amide bonds. The SMILES string of the molecule is CC(C)[C@@H](NC(=O)Nc1ccccc1)C(=O)N1CCN(c2ccccc2Cl)CC1. The molecular formula is C22H27ClN4O2. The number of piperazine rings is 1. The fourth-order valence-corrected chi connectivity index (χ4v) is 3.67. The van der Waals surface area contributed by atoms with Gasteiger partial charge in [0.2, 0.25) is 5.91 Å². The van der Waals surface area contributed by atoms with Crippen LogP contribution in [0.4, 0.5) is 16.2 Å². The largest absolute Gasteiger partial charge is 0.367 e. The highest BCUT2D eigenvalue weighted by Crippen LogP contribution is 2.26.